The van der Waals surface area contributed by atoms with Crippen LogP contribution in [0.4, 0.5) is 0 Å². The molecule has 4 nitrogen and oxygen atoms in total. The average Bonchev–Trinajstić information content (AvgIpc) is 3.49. The second-order valence-electron chi connectivity index (χ2n) is 10.6. The van der Waals surface area contributed by atoms with Crippen LogP contribution in [0.1, 0.15) is 97.6 Å². The molecule has 0 saturated carbocycles. The smallest absolute Gasteiger partial charge is 0.0725 e. The minimum Gasteiger partial charge on any atom is -0.355 e. The Bertz CT molecular complexity index is 1640. The lowest BCUT2D eigenvalue weighted by atomic mass is 10.0. The van der Waals surface area contributed by atoms with Crippen molar-refractivity contribution < 1.29 is 0 Å². The second kappa shape index (κ2) is 8.62. The van der Waals surface area contributed by atoms with Crippen molar-refractivity contribution >= 4 is 44.9 Å². The highest BCUT2D eigenvalue weighted by atomic mass is 14.8. The van der Waals surface area contributed by atoms with Crippen molar-refractivity contribution in [3.8, 4) is 0 Å². The van der Waals surface area contributed by atoms with Crippen molar-refractivity contribution in [2.75, 3.05) is 0 Å². The maximum Gasteiger partial charge on any atom is 0.0725 e. The molecule has 0 radical (unpaired) electrons. The predicted octanol–water partition coefficient (Wildman–Crippen LogP) is 8.27. The standard InChI is InChI=1S/C32H36N4/c1-7-21-19(5)27-16-31-22(8-2)18(4)26(34-31)15-28-20(6)23-11-9-10-12-24(32(23)36-28)29-13-17(3)25(33-29)14-30(21)35-27/h13-16,34-35H,7-12H2,1-6H3. The molecule has 6 rings (SSSR count). The average molecular weight is 477 g/mol. The summed E-state index contributed by atoms with van der Waals surface area (Å²) in [7, 11) is 0. The van der Waals surface area contributed by atoms with Crippen molar-refractivity contribution in [1.82, 2.24) is 19.9 Å². The Kier molecular flexibility index (Phi) is 5.51. The number of nitrogens with one attached hydrogen (secondary N) is 2. The van der Waals surface area contributed by atoms with Crippen molar-refractivity contribution in [3.05, 3.63) is 68.8 Å². The van der Waals surface area contributed by atoms with E-state index in [1.807, 2.05) is 0 Å². The van der Waals surface area contributed by atoms with Gasteiger partial charge in [0, 0.05) is 27.6 Å². The Morgan fingerprint density at radius 3 is 2.03 bits per heavy atom. The van der Waals surface area contributed by atoms with Crippen molar-refractivity contribution in [3.63, 3.8) is 0 Å². The third-order valence-electron chi connectivity index (χ3n) is 8.51. The molecule has 3 aromatic rings. The van der Waals surface area contributed by atoms with Gasteiger partial charge in [-0.05, 0) is 129 Å². The number of hydrogen-bond acceptors (Lipinski definition) is 2. The molecule has 2 N–H and O–H groups in total. The molecule has 0 atom stereocenters. The zero-order valence-electron chi connectivity index (χ0n) is 22.4. The molecule has 4 heteroatoms. The van der Waals surface area contributed by atoms with E-state index in [1.54, 1.807) is 0 Å². The van der Waals surface area contributed by atoms with Crippen molar-refractivity contribution in [1.29, 1.82) is 0 Å². The number of nitrogens with zero attached hydrogens (tertiary/aromatic N) is 2. The van der Waals surface area contributed by atoms with Gasteiger partial charge in [0.25, 0.3) is 0 Å². The highest BCUT2D eigenvalue weighted by Crippen LogP contribution is 2.40. The summed E-state index contributed by atoms with van der Waals surface area (Å²) in [5.41, 5.74) is 19.7. The first-order valence-corrected chi connectivity index (χ1v) is 13.5. The molecule has 5 heterocycles. The quantitative estimate of drug-likeness (QED) is 0.391. The first-order chi connectivity index (χ1) is 17.4. The Morgan fingerprint density at radius 2 is 1.33 bits per heavy atom. The lowest BCUT2D eigenvalue weighted by Crippen LogP contribution is -1.93. The fourth-order valence-corrected chi connectivity index (χ4v) is 6.32. The summed E-state index contributed by atoms with van der Waals surface area (Å²) in [6.07, 6.45) is 8.75. The lowest BCUT2D eigenvalue weighted by molar-refractivity contribution is 0.769. The fraction of sp³-hybridized carbons (Fsp3) is 0.375. The predicted molar refractivity (Wildman–Crippen MR) is 153 cm³/mol. The van der Waals surface area contributed by atoms with Crippen LogP contribution < -0.4 is 0 Å². The Hall–Kier alpha value is -3.40. The Morgan fingerprint density at radius 1 is 0.722 bits per heavy atom. The van der Waals surface area contributed by atoms with Crippen LogP contribution in [0, 0.1) is 13.8 Å². The van der Waals surface area contributed by atoms with E-state index in [4.69, 9.17) is 9.97 Å². The van der Waals surface area contributed by atoms with E-state index in [-0.39, 0.29) is 0 Å². The van der Waals surface area contributed by atoms with Gasteiger partial charge < -0.3 is 9.97 Å². The van der Waals surface area contributed by atoms with E-state index in [9.17, 15) is 0 Å². The largest absolute Gasteiger partial charge is 0.355 e. The zero-order valence-corrected chi connectivity index (χ0v) is 22.4. The molecule has 36 heavy (non-hydrogen) atoms. The topological polar surface area (TPSA) is 57.4 Å². The molecule has 0 saturated heterocycles. The second-order valence-corrected chi connectivity index (χ2v) is 10.6. The molecule has 184 valence electrons. The molecule has 1 aliphatic carbocycles. The van der Waals surface area contributed by atoms with Crippen LogP contribution in [0.2, 0.25) is 0 Å². The van der Waals surface area contributed by atoms with E-state index in [0.29, 0.717) is 0 Å². The highest BCUT2D eigenvalue weighted by molar-refractivity contribution is 5.94. The SMILES string of the molecule is CCc1c(C)c2cc3[nH]c(cc4nc5c(c6nc(cc1[nH]2)C(C)=C6)CCCCC5=C4C)c(C)c3CC. The van der Waals surface area contributed by atoms with E-state index in [2.05, 4.69) is 75.8 Å². The van der Waals surface area contributed by atoms with Gasteiger partial charge in [0.1, 0.15) is 0 Å². The monoisotopic (exact) mass is 476 g/mol. The first-order valence-electron chi connectivity index (χ1n) is 13.5. The molecule has 0 amide bonds. The summed E-state index contributed by atoms with van der Waals surface area (Å²) in [6.45, 7) is 13.4. The molecule has 2 aliphatic heterocycles. The van der Waals surface area contributed by atoms with Gasteiger partial charge in [-0.25, -0.2) is 9.97 Å². The van der Waals surface area contributed by atoms with Crippen LogP contribution in [0.5, 0.6) is 0 Å². The zero-order chi connectivity index (χ0) is 25.1. The molecular formula is C32H36N4. The van der Waals surface area contributed by atoms with Gasteiger partial charge in [0.05, 0.1) is 22.8 Å². The van der Waals surface area contributed by atoms with Crippen LogP contribution >= 0.6 is 0 Å². The van der Waals surface area contributed by atoms with E-state index in [0.717, 1.165) is 42.8 Å². The van der Waals surface area contributed by atoms with E-state index < -0.39 is 0 Å². The Balaban J connectivity index is 1.82. The lowest BCUT2D eigenvalue weighted by Gasteiger charge is -2.03. The molecule has 3 aliphatic rings. The van der Waals surface area contributed by atoms with Crippen molar-refractivity contribution in [2.24, 2.45) is 0 Å². The summed E-state index contributed by atoms with van der Waals surface area (Å²) in [5, 5.41) is 0. The van der Waals surface area contributed by atoms with Crippen LogP contribution in [0.15, 0.2) is 18.2 Å². The van der Waals surface area contributed by atoms with Crippen LogP contribution in [-0.2, 0) is 19.3 Å². The normalized spacial score (nSPS) is 15.3. The van der Waals surface area contributed by atoms with Gasteiger partial charge in [0.15, 0.2) is 0 Å². The van der Waals surface area contributed by atoms with Gasteiger partial charge in [0.2, 0.25) is 0 Å². The van der Waals surface area contributed by atoms with E-state index >= 15 is 0 Å². The van der Waals surface area contributed by atoms with E-state index in [1.165, 1.54) is 85.1 Å². The number of aryl methyl sites for hydroxylation is 4. The number of aromatic nitrogens is 4. The van der Waals surface area contributed by atoms with Crippen LogP contribution in [-0.4, -0.2) is 19.9 Å². The molecule has 0 unspecified atom stereocenters. The van der Waals surface area contributed by atoms with Gasteiger partial charge in [-0.1, -0.05) is 13.8 Å². The molecular weight excluding hydrogens is 440 g/mol. The number of hydrogen-bond donors (Lipinski definition) is 2. The molecule has 0 spiro atoms. The van der Waals surface area contributed by atoms with Gasteiger partial charge in [-0.2, -0.15) is 0 Å². The van der Waals surface area contributed by atoms with Crippen LogP contribution in [0.25, 0.3) is 44.9 Å². The third-order valence-corrected chi connectivity index (χ3v) is 8.51. The molecule has 8 bridgehead atoms. The fourth-order valence-electron chi connectivity index (χ4n) is 6.32. The number of allylic oxidation sites excluding steroid dienone is 3. The van der Waals surface area contributed by atoms with Gasteiger partial charge >= 0.3 is 0 Å². The van der Waals surface area contributed by atoms with Gasteiger partial charge in [-0.15, -0.1) is 0 Å². The molecule has 3 aromatic heterocycles. The first kappa shape index (κ1) is 23.0. The number of aromatic amines is 2. The van der Waals surface area contributed by atoms with Crippen LogP contribution in [0.3, 0.4) is 0 Å². The third kappa shape index (κ3) is 3.49. The molecule has 0 aromatic carbocycles. The highest BCUT2D eigenvalue weighted by Gasteiger charge is 2.24. The van der Waals surface area contributed by atoms with Gasteiger partial charge in [-0.3, -0.25) is 0 Å². The minimum absolute atomic E-state index is 0.984. The summed E-state index contributed by atoms with van der Waals surface area (Å²) in [4.78, 5) is 18.0. The summed E-state index contributed by atoms with van der Waals surface area (Å²) < 4.78 is 0. The molecule has 0 fully saturated rings. The number of H-pyrrole nitrogens is 2. The maximum atomic E-state index is 5.27. The van der Waals surface area contributed by atoms with Crippen molar-refractivity contribution in [2.45, 2.75) is 80.1 Å². The minimum atomic E-state index is 0.984. The number of fused-ring (bicyclic) bond motifs is 8. The summed E-state index contributed by atoms with van der Waals surface area (Å²) in [6, 6.07) is 6.82. The summed E-state index contributed by atoms with van der Waals surface area (Å²) in [5.74, 6) is 0. The maximum absolute atomic E-state index is 5.27. The number of rotatable bonds is 2. The Labute approximate surface area is 213 Å². The summed E-state index contributed by atoms with van der Waals surface area (Å²) >= 11 is 0.